The number of anilines is 1. The van der Waals surface area contributed by atoms with Gasteiger partial charge in [-0.05, 0) is 55.5 Å². The summed E-state index contributed by atoms with van der Waals surface area (Å²) in [5, 5.41) is 6.90. The van der Waals surface area contributed by atoms with Gasteiger partial charge in [0, 0.05) is 26.9 Å². The van der Waals surface area contributed by atoms with Crippen LogP contribution in [0.5, 0.6) is 11.5 Å². The number of benzene rings is 3. The number of methoxy groups -OCH3 is 1. The summed E-state index contributed by atoms with van der Waals surface area (Å²) in [4.78, 5) is 24.2. The summed E-state index contributed by atoms with van der Waals surface area (Å²) in [5.74, 6) is -1.58. The molecule has 0 fully saturated rings. The van der Waals surface area contributed by atoms with E-state index in [9.17, 15) is 22.8 Å². The second-order valence-electron chi connectivity index (χ2n) is 7.53. The van der Waals surface area contributed by atoms with E-state index in [1.807, 2.05) is 0 Å². The third kappa shape index (κ3) is 7.37. The summed E-state index contributed by atoms with van der Waals surface area (Å²) >= 11 is 12.3. The first-order chi connectivity index (χ1) is 17.5. The monoisotopic (exact) mass is 553 g/mol. The van der Waals surface area contributed by atoms with Crippen molar-refractivity contribution < 1.29 is 32.2 Å². The van der Waals surface area contributed by atoms with Crippen LogP contribution in [-0.2, 0) is 22.4 Å². The highest BCUT2D eigenvalue weighted by Crippen LogP contribution is 2.32. The Labute approximate surface area is 220 Å². The van der Waals surface area contributed by atoms with Crippen molar-refractivity contribution in [2.45, 2.75) is 19.7 Å². The number of nitrogens with zero attached hydrogens (tertiary/aromatic N) is 1. The molecule has 0 saturated carbocycles. The van der Waals surface area contributed by atoms with E-state index in [4.69, 9.17) is 32.7 Å². The van der Waals surface area contributed by atoms with Crippen LogP contribution in [0.3, 0.4) is 0 Å². The smallest absolute Gasteiger partial charge is 0.416 e. The molecule has 0 atom stereocenters. The zero-order valence-corrected chi connectivity index (χ0v) is 21.0. The molecule has 7 nitrogen and oxygen atoms in total. The van der Waals surface area contributed by atoms with Crippen molar-refractivity contribution in [3.8, 4) is 11.5 Å². The standard InChI is InChI=1S/C25H20Cl2F3N3O4/c1-14(32-33-24(35)23(34)31-17-6-3-5-16(12-17)25(28,29)30)15-9-10-21(22(11-15)36-2)37-13-18-19(26)7-4-8-20(18)27/h3-12H,13H2,1-2H3,(H,31,34)(H,33,35)/b32-14+. The van der Waals surface area contributed by atoms with Crippen molar-refractivity contribution >= 4 is 46.4 Å². The zero-order valence-electron chi connectivity index (χ0n) is 19.5. The van der Waals surface area contributed by atoms with Crippen LogP contribution in [0.4, 0.5) is 18.9 Å². The lowest BCUT2D eigenvalue weighted by atomic mass is 10.1. The van der Waals surface area contributed by atoms with Gasteiger partial charge in [0.15, 0.2) is 11.5 Å². The van der Waals surface area contributed by atoms with Gasteiger partial charge in [0.05, 0.1) is 18.4 Å². The van der Waals surface area contributed by atoms with E-state index in [2.05, 4.69) is 15.8 Å². The number of halogens is 5. The van der Waals surface area contributed by atoms with Crippen molar-refractivity contribution in [2.24, 2.45) is 5.10 Å². The van der Waals surface area contributed by atoms with E-state index in [1.165, 1.54) is 13.2 Å². The summed E-state index contributed by atoms with van der Waals surface area (Å²) in [7, 11) is 1.45. The molecule has 12 heteroatoms. The Balaban J connectivity index is 1.65. The van der Waals surface area contributed by atoms with E-state index in [-0.39, 0.29) is 12.3 Å². The fourth-order valence-electron chi connectivity index (χ4n) is 3.04. The van der Waals surface area contributed by atoms with E-state index in [1.54, 1.807) is 43.3 Å². The maximum atomic E-state index is 12.8. The van der Waals surface area contributed by atoms with Gasteiger partial charge in [-0.25, -0.2) is 5.43 Å². The van der Waals surface area contributed by atoms with Crippen LogP contribution in [-0.4, -0.2) is 24.6 Å². The number of ether oxygens (including phenoxy) is 2. The van der Waals surface area contributed by atoms with Gasteiger partial charge < -0.3 is 14.8 Å². The second-order valence-corrected chi connectivity index (χ2v) is 8.34. The Kier molecular flexibility index (Phi) is 9.01. The first-order valence-electron chi connectivity index (χ1n) is 10.6. The van der Waals surface area contributed by atoms with Crippen LogP contribution < -0.4 is 20.2 Å². The Hall–Kier alpha value is -3.76. The molecule has 0 bridgehead atoms. The minimum absolute atomic E-state index is 0.0956. The number of rotatable bonds is 7. The molecule has 2 N–H and O–H groups in total. The quantitative estimate of drug-likeness (QED) is 0.211. The number of alkyl halides is 3. The van der Waals surface area contributed by atoms with Crippen molar-refractivity contribution in [3.63, 3.8) is 0 Å². The van der Waals surface area contributed by atoms with Crippen molar-refractivity contribution in [2.75, 3.05) is 12.4 Å². The highest BCUT2D eigenvalue weighted by Gasteiger charge is 2.30. The lowest BCUT2D eigenvalue weighted by Crippen LogP contribution is -2.33. The SMILES string of the molecule is COc1cc(/C(C)=N/NC(=O)C(=O)Nc2cccc(C(F)(F)F)c2)ccc1OCc1c(Cl)cccc1Cl. The minimum Gasteiger partial charge on any atom is -0.493 e. The molecular formula is C25H20Cl2F3N3O4. The van der Waals surface area contributed by atoms with Gasteiger partial charge in [0.2, 0.25) is 0 Å². The van der Waals surface area contributed by atoms with Gasteiger partial charge in [-0.3, -0.25) is 9.59 Å². The van der Waals surface area contributed by atoms with E-state index >= 15 is 0 Å². The Morgan fingerprint density at radius 2 is 1.62 bits per heavy atom. The van der Waals surface area contributed by atoms with Crippen LogP contribution in [0.1, 0.15) is 23.6 Å². The summed E-state index contributed by atoms with van der Waals surface area (Å²) in [6, 6.07) is 13.9. The summed E-state index contributed by atoms with van der Waals surface area (Å²) < 4.78 is 49.7. The second kappa shape index (κ2) is 12.0. The molecule has 0 saturated heterocycles. The van der Waals surface area contributed by atoms with E-state index in [0.717, 1.165) is 18.2 Å². The fraction of sp³-hybridized carbons (Fsp3) is 0.160. The molecule has 3 aromatic rings. The van der Waals surface area contributed by atoms with Gasteiger partial charge in [-0.15, -0.1) is 0 Å². The molecule has 0 aliphatic heterocycles. The van der Waals surface area contributed by atoms with E-state index in [0.29, 0.717) is 38.4 Å². The van der Waals surface area contributed by atoms with E-state index < -0.39 is 23.6 Å². The van der Waals surface area contributed by atoms with Gasteiger partial charge in [0.25, 0.3) is 0 Å². The maximum absolute atomic E-state index is 12.8. The predicted octanol–water partition coefficient (Wildman–Crippen LogP) is 6.08. The number of carbonyl (C=O) groups is 2. The first kappa shape index (κ1) is 27.8. The molecule has 0 heterocycles. The number of nitrogens with one attached hydrogen (secondary N) is 2. The van der Waals surface area contributed by atoms with Crippen LogP contribution >= 0.6 is 23.2 Å². The molecular weight excluding hydrogens is 534 g/mol. The highest BCUT2D eigenvalue weighted by molar-refractivity contribution is 6.39. The Bertz CT molecular complexity index is 1330. The lowest BCUT2D eigenvalue weighted by molar-refractivity contribution is -0.137. The number of amides is 2. The molecule has 37 heavy (non-hydrogen) atoms. The molecule has 0 aliphatic rings. The lowest BCUT2D eigenvalue weighted by Gasteiger charge is -2.14. The van der Waals surface area contributed by atoms with Crippen molar-refractivity contribution in [1.29, 1.82) is 0 Å². The van der Waals surface area contributed by atoms with Gasteiger partial charge >= 0.3 is 18.0 Å². The molecule has 0 spiro atoms. The third-order valence-electron chi connectivity index (χ3n) is 4.99. The Morgan fingerprint density at radius 1 is 0.946 bits per heavy atom. The largest absolute Gasteiger partial charge is 0.493 e. The number of hydrogen-bond donors (Lipinski definition) is 2. The zero-order chi connectivity index (χ0) is 27.2. The number of hydrogen-bond acceptors (Lipinski definition) is 5. The minimum atomic E-state index is -4.59. The molecule has 3 rings (SSSR count). The van der Waals surface area contributed by atoms with Crippen molar-refractivity contribution in [3.05, 3.63) is 87.4 Å². The topological polar surface area (TPSA) is 89.0 Å². The third-order valence-corrected chi connectivity index (χ3v) is 5.70. The molecule has 0 radical (unpaired) electrons. The summed E-state index contributed by atoms with van der Waals surface area (Å²) in [5.41, 5.74) is 2.39. The average Bonchev–Trinajstić information content (AvgIpc) is 2.86. The fourth-order valence-corrected chi connectivity index (χ4v) is 3.55. The molecule has 3 aromatic carbocycles. The van der Waals surface area contributed by atoms with Gasteiger partial charge in [-0.1, -0.05) is 35.3 Å². The molecule has 194 valence electrons. The Morgan fingerprint density at radius 3 is 2.27 bits per heavy atom. The predicted molar refractivity (Wildman–Crippen MR) is 134 cm³/mol. The number of carbonyl (C=O) groups excluding carboxylic acids is 2. The maximum Gasteiger partial charge on any atom is 0.416 e. The van der Waals surface area contributed by atoms with Crippen LogP contribution in [0.15, 0.2) is 65.8 Å². The molecule has 0 aliphatic carbocycles. The van der Waals surface area contributed by atoms with Gasteiger partial charge in [-0.2, -0.15) is 18.3 Å². The van der Waals surface area contributed by atoms with Crippen LogP contribution in [0.2, 0.25) is 10.0 Å². The average molecular weight is 554 g/mol. The highest BCUT2D eigenvalue weighted by atomic mass is 35.5. The molecule has 2 amide bonds. The normalized spacial score (nSPS) is 11.6. The first-order valence-corrected chi connectivity index (χ1v) is 11.3. The molecule has 0 aromatic heterocycles. The van der Waals surface area contributed by atoms with Crippen molar-refractivity contribution in [1.82, 2.24) is 5.43 Å². The molecule has 0 unspecified atom stereocenters. The summed E-state index contributed by atoms with van der Waals surface area (Å²) in [6.07, 6.45) is -4.59. The number of hydrazone groups is 1. The van der Waals surface area contributed by atoms with Crippen LogP contribution in [0, 0.1) is 0 Å². The summed E-state index contributed by atoms with van der Waals surface area (Å²) in [6.45, 7) is 1.67. The van der Waals surface area contributed by atoms with Crippen LogP contribution in [0.25, 0.3) is 0 Å². The van der Waals surface area contributed by atoms with Gasteiger partial charge in [0.1, 0.15) is 6.61 Å².